The molecule has 2 rings (SSSR count). The van der Waals surface area contributed by atoms with E-state index in [0.29, 0.717) is 12.1 Å². The zero-order valence-electron chi connectivity index (χ0n) is 9.74. The van der Waals surface area contributed by atoms with Gasteiger partial charge in [0, 0.05) is 27.0 Å². The molecule has 0 spiro atoms. The zero-order valence-corrected chi connectivity index (χ0v) is 12.1. The van der Waals surface area contributed by atoms with Gasteiger partial charge in [-0.15, -0.1) is 11.3 Å². The van der Waals surface area contributed by atoms with E-state index in [1.165, 1.54) is 16.9 Å². The van der Waals surface area contributed by atoms with Crippen molar-refractivity contribution >= 4 is 38.9 Å². The van der Waals surface area contributed by atoms with Crippen molar-refractivity contribution in [2.24, 2.45) is 0 Å². The van der Waals surface area contributed by atoms with Crippen molar-refractivity contribution in [3.05, 3.63) is 50.1 Å². The van der Waals surface area contributed by atoms with Crippen molar-refractivity contribution in [1.29, 1.82) is 0 Å². The van der Waals surface area contributed by atoms with E-state index in [9.17, 15) is 4.79 Å². The van der Waals surface area contributed by atoms with Gasteiger partial charge in [0.2, 0.25) is 0 Å². The van der Waals surface area contributed by atoms with Crippen LogP contribution < -0.4 is 5.32 Å². The van der Waals surface area contributed by atoms with Crippen LogP contribution in [0.25, 0.3) is 0 Å². The van der Waals surface area contributed by atoms with Gasteiger partial charge in [0.15, 0.2) is 0 Å². The van der Waals surface area contributed by atoms with Crippen LogP contribution in [0.5, 0.6) is 0 Å². The Hall–Kier alpha value is -1.33. The Kier molecular flexibility index (Phi) is 4.04. The number of thiophene rings is 1. The van der Waals surface area contributed by atoms with E-state index in [2.05, 4.69) is 27.3 Å². The van der Waals surface area contributed by atoms with Crippen LogP contribution in [0.4, 0.5) is 5.69 Å². The van der Waals surface area contributed by atoms with E-state index in [1.54, 1.807) is 11.4 Å². The molecule has 0 aliphatic rings. The number of halogens is 1. The molecule has 0 fully saturated rings. The third-order valence-electron chi connectivity index (χ3n) is 2.41. The van der Waals surface area contributed by atoms with Crippen LogP contribution in [-0.2, 0) is 6.54 Å². The van der Waals surface area contributed by atoms with Gasteiger partial charge in [-0.1, -0.05) is 15.9 Å². The minimum atomic E-state index is -0.879. The van der Waals surface area contributed by atoms with Gasteiger partial charge in [-0.25, -0.2) is 4.79 Å². The fraction of sp³-hybridized carbons (Fsp3) is 0.154. The number of benzene rings is 1. The normalized spacial score (nSPS) is 10.3. The SMILES string of the molecule is Cc1cc(Br)cc(NCc2cc(C(=O)O)cs2)c1. The highest BCUT2D eigenvalue weighted by molar-refractivity contribution is 9.10. The topological polar surface area (TPSA) is 49.3 Å². The highest BCUT2D eigenvalue weighted by atomic mass is 79.9. The first-order valence-corrected chi connectivity index (χ1v) is 7.03. The molecule has 3 nitrogen and oxygen atoms in total. The molecule has 0 unspecified atom stereocenters. The van der Waals surface area contributed by atoms with Gasteiger partial charge in [0.25, 0.3) is 0 Å². The molecule has 18 heavy (non-hydrogen) atoms. The zero-order chi connectivity index (χ0) is 13.1. The summed E-state index contributed by atoms with van der Waals surface area (Å²) in [7, 11) is 0. The Balaban J connectivity index is 2.04. The quantitative estimate of drug-likeness (QED) is 0.888. The summed E-state index contributed by atoms with van der Waals surface area (Å²) in [5.74, 6) is -0.879. The van der Waals surface area contributed by atoms with Gasteiger partial charge in [0.1, 0.15) is 0 Å². The fourth-order valence-corrected chi connectivity index (χ4v) is 3.02. The summed E-state index contributed by atoms with van der Waals surface area (Å²) in [4.78, 5) is 11.8. The largest absolute Gasteiger partial charge is 0.478 e. The van der Waals surface area contributed by atoms with Gasteiger partial charge in [-0.3, -0.25) is 0 Å². The van der Waals surface area contributed by atoms with Gasteiger partial charge < -0.3 is 10.4 Å². The number of aryl methyl sites for hydroxylation is 1. The molecular formula is C13H12BrNO2S. The van der Waals surface area contributed by atoms with E-state index in [1.807, 2.05) is 19.1 Å². The van der Waals surface area contributed by atoms with E-state index >= 15 is 0 Å². The van der Waals surface area contributed by atoms with Gasteiger partial charge in [0.05, 0.1) is 5.56 Å². The Morgan fingerprint density at radius 2 is 2.17 bits per heavy atom. The molecule has 0 amide bonds. The predicted molar refractivity (Wildman–Crippen MR) is 77.5 cm³/mol. The van der Waals surface area contributed by atoms with Gasteiger partial charge >= 0.3 is 5.97 Å². The Bertz CT molecular complexity index is 560. The van der Waals surface area contributed by atoms with Crippen LogP contribution in [0.1, 0.15) is 20.8 Å². The lowest BCUT2D eigenvalue weighted by Gasteiger charge is -2.06. The predicted octanol–water partition coefficient (Wildman–Crippen LogP) is 4.13. The highest BCUT2D eigenvalue weighted by Gasteiger charge is 2.06. The number of hydrogen-bond acceptors (Lipinski definition) is 3. The second kappa shape index (κ2) is 5.54. The maximum absolute atomic E-state index is 10.8. The molecule has 94 valence electrons. The summed E-state index contributed by atoms with van der Waals surface area (Å²) >= 11 is 4.90. The lowest BCUT2D eigenvalue weighted by atomic mass is 10.2. The van der Waals surface area contributed by atoms with Crippen molar-refractivity contribution in [3.8, 4) is 0 Å². The molecule has 0 bridgehead atoms. The summed E-state index contributed by atoms with van der Waals surface area (Å²) in [5, 5.41) is 13.8. The number of carboxylic acids is 1. The second-order valence-corrected chi connectivity index (χ2v) is 5.89. The molecule has 1 aromatic carbocycles. The fourth-order valence-electron chi connectivity index (χ4n) is 1.61. The first-order valence-electron chi connectivity index (χ1n) is 5.36. The summed E-state index contributed by atoms with van der Waals surface area (Å²) in [6, 6.07) is 7.79. The van der Waals surface area contributed by atoms with Gasteiger partial charge in [-0.05, 0) is 36.8 Å². The number of carboxylic acid groups (broad SMARTS) is 1. The molecule has 0 saturated carbocycles. The Morgan fingerprint density at radius 3 is 2.78 bits per heavy atom. The average molecular weight is 326 g/mol. The smallest absolute Gasteiger partial charge is 0.336 e. The monoisotopic (exact) mass is 325 g/mol. The molecule has 2 N–H and O–H groups in total. The number of anilines is 1. The minimum absolute atomic E-state index is 0.349. The molecule has 0 saturated heterocycles. The van der Waals surface area contributed by atoms with E-state index in [4.69, 9.17) is 5.11 Å². The Labute approximate surface area is 118 Å². The molecule has 1 aromatic heterocycles. The molecule has 5 heteroatoms. The summed E-state index contributed by atoms with van der Waals surface area (Å²) < 4.78 is 1.03. The third-order valence-corrected chi connectivity index (χ3v) is 3.80. The van der Waals surface area contributed by atoms with Crippen LogP contribution in [-0.4, -0.2) is 11.1 Å². The molecule has 1 heterocycles. The van der Waals surface area contributed by atoms with E-state index in [0.717, 1.165) is 15.0 Å². The molecular weight excluding hydrogens is 314 g/mol. The van der Waals surface area contributed by atoms with Crippen LogP contribution >= 0.6 is 27.3 Å². The van der Waals surface area contributed by atoms with Crippen LogP contribution in [0.3, 0.4) is 0 Å². The molecule has 0 aliphatic heterocycles. The van der Waals surface area contributed by atoms with Gasteiger partial charge in [-0.2, -0.15) is 0 Å². The standard InChI is InChI=1S/C13H12BrNO2S/c1-8-2-10(14)5-11(3-8)15-6-12-4-9(7-18-12)13(16)17/h2-5,7,15H,6H2,1H3,(H,16,17). The number of hydrogen-bond donors (Lipinski definition) is 2. The first-order chi connectivity index (χ1) is 8.54. The first kappa shape index (κ1) is 13.1. The maximum atomic E-state index is 10.8. The maximum Gasteiger partial charge on any atom is 0.336 e. The number of rotatable bonds is 4. The summed E-state index contributed by atoms with van der Waals surface area (Å²) in [5.41, 5.74) is 2.54. The van der Waals surface area contributed by atoms with Crippen molar-refractivity contribution in [3.63, 3.8) is 0 Å². The van der Waals surface area contributed by atoms with E-state index < -0.39 is 5.97 Å². The van der Waals surface area contributed by atoms with E-state index in [-0.39, 0.29) is 0 Å². The second-order valence-electron chi connectivity index (χ2n) is 3.98. The van der Waals surface area contributed by atoms with Crippen LogP contribution in [0.2, 0.25) is 0 Å². The van der Waals surface area contributed by atoms with Crippen molar-refractivity contribution < 1.29 is 9.90 Å². The Morgan fingerprint density at radius 1 is 1.39 bits per heavy atom. The van der Waals surface area contributed by atoms with Crippen LogP contribution in [0, 0.1) is 6.92 Å². The molecule has 0 aliphatic carbocycles. The molecule has 0 radical (unpaired) electrons. The number of nitrogens with one attached hydrogen (secondary N) is 1. The lowest BCUT2D eigenvalue weighted by molar-refractivity contribution is 0.0697. The van der Waals surface area contributed by atoms with Crippen molar-refractivity contribution in [1.82, 2.24) is 0 Å². The third kappa shape index (κ3) is 3.34. The molecule has 0 atom stereocenters. The minimum Gasteiger partial charge on any atom is -0.478 e. The highest BCUT2D eigenvalue weighted by Crippen LogP contribution is 2.21. The van der Waals surface area contributed by atoms with Crippen molar-refractivity contribution in [2.45, 2.75) is 13.5 Å². The summed E-state index contributed by atoms with van der Waals surface area (Å²) in [6.45, 7) is 2.66. The summed E-state index contributed by atoms with van der Waals surface area (Å²) in [6.07, 6.45) is 0. The number of carbonyl (C=O) groups is 1. The average Bonchev–Trinajstić information content (AvgIpc) is 2.73. The molecule has 2 aromatic rings. The van der Waals surface area contributed by atoms with Crippen molar-refractivity contribution in [2.75, 3.05) is 5.32 Å². The number of aromatic carboxylic acids is 1. The van der Waals surface area contributed by atoms with Crippen LogP contribution in [0.15, 0.2) is 34.1 Å². The lowest BCUT2D eigenvalue weighted by Crippen LogP contribution is -1.98.